The molecule has 5 nitrogen and oxygen atoms in total. The maximum Gasteiger partial charge on any atom is 0.256 e. The van der Waals surface area contributed by atoms with Crippen LogP contribution in [0.25, 0.3) is 0 Å². The summed E-state index contributed by atoms with van der Waals surface area (Å²) >= 11 is 1.41. The highest BCUT2D eigenvalue weighted by molar-refractivity contribution is 8.00. The fourth-order valence-electron chi connectivity index (χ4n) is 3.90. The molecule has 6 heteroatoms. The maximum absolute atomic E-state index is 13.0. The SMILES string of the molecule is CN(C)CCc1ccc(NC(=O)c2ccccc2SCC(=O)N2CCc3ccccc32)cc1. The van der Waals surface area contributed by atoms with Crippen molar-refractivity contribution >= 4 is 35.0 Å². The number of thioether (sulfide) groups is 1. The lowest BCUT2D eigenvalue weighted by Crippen LogP contribution is -2.30. The van der Waals surface area contributed by atoms with E-state index in [1.807, 2.05) is 65.6 Å². The van der Waals surface area contributed by atoms with Crippen molar-refractivity contribution in [2.24, 2.45) is 0 Å². The van der Waals surface area contributed by atoms with Gasteiger partial charge in [-0.3, -0.25) is 9.59 Å². The Balaban J connectivity index is 1.38. The van der Waals surface area contributed by atoms with E-state index in [0.29, 0.717) is 17.9 Å². The van der Waals surface area contributed by atoms with E-state index < -0.39 is 0 Å². The molecule has 33 heavy (non-hydrogen) atoms. The van der Waals surface area contributed by atoms with Gasteiger partial charge in [-0.1, -0.05) is 42.5 Å². The van der Waals surface area contributed by atoms with Gasteiger partial charge < -0.3 is 15.1 Å². The largest absolute Gasteiger partial charge is 0.322 e. The summed E-state index contributed by atoms with van der Waals surface area (Å²) in [5.74, 6) is 0.186. The first-order valence-electron chi connectivity index (χ1n) is 11.2. The zero-order valence-electron chi connectivity index (χ0n) is 19.1. The Kier molecular flexibility index (Phi) is 7.47. The first-order chi connectivity index (χ1) is 16.0. The fourth-order valence-corrected chi connectivity index (χ4v) is 4.83. The second-order valence-electron chi connectivity index (χ2n) is 8.41. The Morgan fingerprint density at radius 2 is 1.70 bits per heavy atom. The average molecular weight is 460 g/mol. The van der Waals surface area contributed by atoms with E-state index in [1.165, 1.54) is 22.9 Å². The zero-order valence-corrected chi connectivity index (χ0v) is 19.9. The highest BCUT2D eigenvalue weighted by Gasteiger charge is 2.24. The minimum absolute atomic E-state index is 0.0634. The van der Waals surface area contributed by atoms with Crippen LogP contribution in [0.3, 0.4) is 0 Å². The number of nitrogens with zero attached hydrogens (tertiary/aromatic N) is 2. The van der Waals surface area contributed by atoms with E-state index in [2.05, 4.69) is 30.4 Å². The monoisotopic (exact) mass is 459 g/mol. The Morgan fingerprint density at radius 3 is 2.48 bits per heavy atom. The van der Waals surface area contributed by atoms with E-state index >= 15 is 0 Å². The lowest BCUT2D eigenvalue weighted by atomic mass is 10.1. The van der Waals surface area contributed by atoms with Crippen LogP contribution < -0.4 is 10.2 Å². The molecule has 0 fully saturated rings. The third kappa shape index (κ3) is 5.83. The van der Waals surface area contributed by atoms with Crippen molar-refractivity contribution in [3.05, 3.63) is 89.5 Å². The summed E-state index contributed by atoms with van der Waals surface area (Å²) in [4.78, 5) is 30.7. The van der Waals surface area contributed by atoms with Gasteiger partial charge in [-0.25, -0.2) is 0 Å². The number of nitrogens with one attached hydrogen (secondary N) is 1. The van der Waals surface area contributed by atoms with Gasteiger partial charge in [0.1, 0.15) is 0 Å². The molecule has 2 amide bonds. The van der Waals surface area contributed by atoms with Gasteiger partial charge in [0.25, 0.3) is 5.91 Å². The normalized spacial score (nSPS) is 12.6. The van der Waals surface area contributed by atoms with Gasteiger partial charge >= 0.3 is 0 Å². The number of benzene rings is 3. The highest BCUT2D eigenvalue weighted by Crippen LogP contribution is 2.30. The third-order valence-electron chi connectivity index (χ3n) is 5.73. The van der Waals surface area contributed by atoms with Crippen LogP contribution in [0.5, 0.6) is 0 Å². The molecule has 0 saturated carbocycles. The highest BCUT2D eigenvalue weighted by atomic mass is 32.2. The predicted octanol–water partition coefficient (Wildman–Crippen LogP) is 4.72. The van der Waals surface area contributed by atoms with Gasteiger partial charge in [0.15, 0.2) is 0 Å². The Morgan fingerprint density at radius 1 is 0.970 bits per heavy atom. The number of carbonyl (C=O) groups is 2. The van der Waals surface area contributed by atoms with Crippen LogP contribution >= 0.6 is 11.8 Å². The van der Waals surface area contributed by atoms with E-state index in [9.17, 15) is 9.59 Å². The lowest BCUT2D eigenvalue weighted by molar-refractivity contribution is -0.116. The van der Waals surface area contributed by atoms with Crippen LogP contribution in [-0.4, -0.2) is 49.7 Å². The second kappa shape index (κ2) is 10.7. The number of fused-ring (bicyclic) bond motifs is 1. The molecule has 0 saturated heterocycles. The summed E-state index contributed by atoms with van der Waals surface area (Å²) in [6.45, 7) is 1.70. The maximum atomic E-state index is 13.0. The molecule has 0 atom stereocenters. The summed E-state index contributed by atoms with van der Waals surface area (Å²) in [7, 11) is 4.11. The van der Waals surface area contributed by atoms with Crippen LogP contribution in [0.2, 0.25) is 0 Å². The van der Waals surface area contributed by atoms with Gasteiger partial charge in [-0.15, -0.1) is 11.8 Å². The standard InChI is InChI=1S/C27H29N3O2S/c1-29(2)17-15-20-11-13-22(14-12-20)28-27(32)23-8-4-6-10-25(23)33-19-26(31)30-18-16-21-7-3-5-9-24(21)30/h3-14H,15-19H2,1-2H3,(H,28,32). The van der Waals surface area contributed by atoms with Crippen molar-refractivity contribution in [2.75, 3.05) is 43.2 Å². The molecule has 0 aromatic heterocycles. The van der Waals surface area contributed by atoms with Crippen molar-refractivity contribution in [2.45, 2.75) is 17.7 Å². The minimum Gasteiger partial charge on any atom is -0.322 e. The van der Waals surface area contributed by atoms with Gasteiger partial charge in [0.2, 0.25) is 5.91 Å². The van der Waals surface area contributed by atoms with Gasteiger partial charge in [0, 0.05) is 29.4 Å². The molecule has 1 aliphatic rings. The molecule has 1 N–H and O–H groups in total. The number of rotatable bonds is 8. The molecule has 170 valence electrons. The van der Waals surface area contributed by atoms with Crippen molar-refractivity contribution < 1.29 is 9.59 Å². The number of hydrogen-bond acceptors (Lipinski definition) is 4. The number of para-hydroxylation sites is 1. The third-order valence-corrected chi connectivity index (χ3v) is 6.79. The van der Waals surface area contributed by atoms with Crippen molar-refractivity contribution in [3.63, 3.8) is 0 Å². The predicted molar refractivity (Wildman–Crippen MR) is 136 cm³/mol. The molecule has 0 spiro atoms. The molecular formula is C27H29N3O2S. The first-order valence-corrected chi connectivity index (χ1v) is 12.1. The number of carbonyl (C=O) groups excluding carboxylic acids is 2. The van der Waals surface area contributed by atoms with Crippen LogP contribution in [0.15, 0.2) is 77.7 Å². The molecule has 0 aliphatic carbocycles. The molecule has 0 bridgehead atoms. The van der Waals surface area contributed by atoms with Gasteiger partial charge in [0.05, 0.1) is 11.3 Å². The molecular weight excluding hydrogens is 430 g/mol. The summed E-state index contributed by atoms with van der Waals surface area (Å²) in [5.41, 5.74) is 4.79. The number of hydrogen-bond donors (Lipinski definition) is 1. The van der Waals surface area contributed by atoms with Crippen LogP contribution in [0.1, 0.15) is 21.5 Å². The number of likely N-dealkylation sites (N-methyl/N-ethyl adjacent to an activating group) is 1. The van der Waals surface area contributed by atoms with Crippen LogP contribution in [-0.2, 0) is 17.6 Å². The van der Waals surface area contributed by atoms with Crippen molar-refractivity contribution in [1.29, 1.82) is 0 Å². The second-order valence-corrected chi connectivity index (χ2v) is 9.43. The molecule has 0 radical (unpaired) electrons. The van der Waals surface area contributed by atoms with Crippen molar-refractivity contribution in [3.8, 4) is 0 Å². The van der Waals surface area contributed by atoms with E-state index in [-0.39, 0.29) is 11.8 Å². The average Bonchev–Trinajstić information content (AvgIpc) is 3.26. The minimum atomic E-state index is -0.168. The number of anilines is 2. The van der Waals surface area contributed by atoms with E-state index in [1.54, 1.807) is 6.07 Å². The van der Waals surface area contributed by atoms with Crippen LogP contribution in [0, 0.1) is 0 Å². The van der Waals surface area contributed by atoms with Crippen molar-refractivity contribution in [1.82, 2.24) is 4.90 Å². The quantitative estimate of drug-likeness (QED) is 0.495. The summed E-state index contributed by atoms with van der Waals surface area (Å²) in [6.07, 6.45) is 1.86. The van der Waals surface area contributed by atoms with E-state index in [4.69, 9.17) is 0 Å². The van der Waals surface area contributed by atoms with Crippen LogP contribution in [0.4, 0.5) is 11.4 Å². The van der Waals surface area contributed by atoms with E-state index in [0.717, 1.165) is 35.7 Å². The summed E-state index contributed by atoms with van der Waals surface area (Å²) in [6, 6.07) is 23.5. The molecule has 1 aliphatic heterocycles. The number of amides is 2. The molecule has 3 aromatic rings. The molecule has 4 rings (SSSR count). The lowest BCUT2D eigenvalue weighted by Gasteiger charge is -2.17. The summed E-state index contributed by atoms with van der Waals surface area (Å²) < 4.78 is 0. The zero-order chi connectivity index (χ0) is 23.2. The fraction of sp³-hybridized carbons (Fsp3) is 0.259. The Bertz CT molecular complexity index is 1130. The van der Waals surface area contributed by atoms with Gasteiger partial charge in [-0.05, 0) is 68.4 Å². The Hall–Kier alpha value is -3.09. The smallest absolute Gasteiger partial charge is 0.256 e. The first kappa shape index (κ1) is 23.1. The Labute approximate surface area is 199 Å². The molecule has 3 aromatic carbocycles. The van der Waals surface area contributed by atoms with Gasteiger partial charge in [-0.2, -0.15) is 0 Å². The molecule has 0 unspecified atom stereocenters. The molecule has 1 heterocycles. The topological polar surface area (TPSA) is 52.7 Å². The summed E-state index contributed by atoms with van der Waals surface area (Å²) in [5, 5.41) is 2.99.